The molecule has 1 unspecified atom stereocenters. The van der Waals surface area contributed by atoms with Crippen molar-refractivity contribution >= 4 is 17.8 Å². The van der Waals surface area contributed by atoms with Gasteiger partial charge in [-0.2, -0.15) is 0 Å². The largest absolute Gasteiger partial charge is 0.380 e. The first kappa shape index (κ1) is 15.9. The zero-order valence-electron chi connectivity index (χ0n) is 12.6. The third-order valence-corrected chi connectivity index (χ3v) is 4.26. The second kappa shape index (κ2) is 7.54. The summed E-state index contributed by atoms with van der Waals surface area (Å²) < 4.78 is 5.40. The number of ether oxygens (including phenoxy) is 1. The van der Waals surface area contributed by atoms with Gasteiger partial charge in [-0.05, 0) is 25.2 Å². The minimum absolute atomic E-state index is 0.0779. The number of hydrogen-bond acceptors (Lipinski definition) is 4. The highest BCUT2D eigenvalue weighted by Crippen LogP contribution is 2.33. The van der Waals surface area contributed by atoms with E-state index in [1.165, 1.54) is 0 Å². The molecule has 1 saturated carbocycles. The minimum Gasteiger partial charge on any atom is -0.380 e. The number of nitrogens with one attached hydrogen (secondary N) is 1. The van der Waals surface area contributed by atoms with Gasteiger partial charge in [0.05, 0.1) is 13.2 Å². The lowest BCUT2D eigenvalue weighted by Crippen LogP contribution is -2.60. The van der Waals surface area contributed by atoms with Crippen LogP contribution in [0.4, 0.5) is 4.79 Å². The molecule has 1 aliphatic heterocycles. The Balaban J connectivity index is 1.91. The summed E-state index contributed by atoms with van der Waals surface area (Å²) in [5, 5.41) is 2.31. The molecule has 0 bridgehead atoms. The third-order valence-electron chi connectivity index (χ3n) is 4.26. The molecule has 6 nitrogen and oxygen atoms in total. The lowest BCUT2D eigenvalue weighted by atomic mass is 9.87. The van der Waals surface area contributed by atoms with Crippen molar-refractivity contribution in [2.75, 3.05) is 19.8 Å². The van der Waals surface area contributed by atoms with Crippen molar-refractivity contribution in [3.05, 3.63) is 0 Å². The average Bonchev–Trinajstić information content (AvgIpc) is 2.95. The van der Waals surface area contributed by atoms with Crippen LogP contribution in [0.3, 0.4) is 0 Å². The molecule has 1 aliphatic carbocycles. The van der Waals surface area contributed by atoms with Gasteiger partial charge in [-0.25, -0.2) is 4.79 Å². The summed E-state index contributed by atoms with van der Waals surface area (Å²) >= 11 is 0. The van der Waals surface area contributed by atoms with E-state index in [0.29, 0.717) is 13.2 Å². The fourth-order valence-corrected chi connectivity index (χ4v) is 3.05. The Labute approximate surface area is 125 Å². The minimum atomic E-state index is -0.694. The lowest BCUT2D eigenvalue weighted by Gasteiger charge is -2.32. The van der Waals surface area contributed by atoms with Crippen LogP contribution in [0.2, 0.25) is 0 Å². The van der Waals surface area contributed by atoms with Gasteiger partial charge in [0.15, 0.2) is 0 Å². The van der Waals surface area contributed by atoms with Crippen molar-refractivity contribution < 1.29 is 19.1 Å². The van der Waals surface area contributed by atoms with Crippen LogP contribution in [-0.2, 0) is 14.3 Å². The molecule has 21 heavy (non-hydrogen) atoms. The Kier molecular flexibility index (Phi) is 5.73. The first-order valence-corrected chi connectivity index (χ1v) is 7.89. The number of imide groups is 2. The summed E-state index contributed by atoms with van der Waals surface area (Å²) in [6.45, 7) is 3.24. The van der Waals surface area contributed by atoms with Crippen LogP contribution in [0.1, 0.15) is 45.4 Å². The predicted octanol–water partition coefficient (Wildman–Crippen LogP) is 1.69. The van der Waals surface area contributed by atoms with Crippen LogP contribution in [-0.4, -0.2) is 42.5 Å². The number of nitrogens with zero attached hydrogens (tertiary/aromatic N) is 1. The molecule has 1 N–H and O–H groups in total. The summed E-state index contributed by atoms with van der Waals surface area (Å²) in [7, 11) is 0. The lowest BCUT2D eigenvalue weighted by molar-refractivity contribution is -0.145. The maximum atomic E-state index is 12.4. The number of rotatable bonds is 7. The summed E-state index contributed by atoms with van der Waals surface area (Å²) in [4.78, 5) is 37.3. The Morgan fingerprint density at radius 1 is 1.19 bits per heavy atom. The van der Waals surface area contributed by atoms with E-state index in [9.17, 15) is 14.4 Å². The van der Waals surface area contributed by atoms with Crippen LogP contribution in [0.15, 0.2) is 0 Å². The van der Waals surface area contributed by atoms with Gasteiger partial charge < -0.3 is 4.74 Å². The van der Waals surface area contributed by atoms with E-state index in [0.717, 1.165) is 43.4 Å². The van der Waals surface area contributed by atoms with E-state index < -0.39 is 17.9 Å². The molecule has 1 heterocycles. The van der Waals surface area contributed by atoms with Gasteiger partial charge >= 0.3 is 6.03 Å². The molecule has 1 saturated heterocycles. The normalized spacial score (nSPS) is 23.8. The first-order valence-electron chi connectivity index (χ1n) is 7.89. The molecule has 118 valence electrons. The molecule has 0 spiro atoms. The zero-order valence-corrected chi connectivity index (χ0v) is 12.6. The van der Waals surface area contributed by atoms with Crippen LogP contribution >= 0.6 is 0 Å². The van der Waals surface area contributed by atoms with E-state index >= 15 is 0 Å². The molecule has 4 amide bonds. The van der Waals surface area contributed by atoms with Gasteiger partial charge in [-0.1, -0.05) is 26.2 Å². The van der Waals surface area contributed by atoms with Crippen molar-refractivity contribution in [2.24, 2.45) is 11.8 Å². The van der Waals surface area contributed by atoms with Gasteiger partial charge in [0, 0.05) is 6.61 Å². The Bertz CT molecular complexity index is 404. The number of hydrogen-bond donors (Lipinski definition) is 1. The maximum Gasteiger partial charge on any atom is 0.330 e. The monoisotopic (exact) mass is 296 g/mol. The summed E-state index contributed by atoms with van der Waals surface area (Å²) in [5.74, 6) is -1.40. The van der Waals surface area contributed by atoms with Crippen molar-refractivity contribution in [2.45, 2.75) is 45.4 Å². The smallest absolute Gasteiger partial charge is 0.330 e. The van der Waals surface area contributed by atoms with E-state index in [1.807, 2.05) is 0 Å². The fourth-order valence-electron chi connectivity index (χ4n) is 3.05. The number of barbiturate groups is 1. The standard InChI is InChI=1S/C15H24N2O4/c1-2-3-9-21-10-8-17-14(19)12(11-6-4-5-7-11)13(18)16-15(17)20/h11-12H,2-10H2,1H3,(H,16,18,20). The van der Waals surface area contributed by atoms with E-state index in [-0.39, 0.29) is 18.4 Å². The van der Waals surface area contributed by atoms with Crippen LogP contribution < -0.4 is 5.32 Å². The van der Waals surface area contributed by atoms with Gasteiger partial charge in [-0.15, -0.1) is 0 Å². The molecule has 0 aromatic carbocycles. The third kappa shape index (κ3) is 3.81. The number of carbonyl (C=O) groups excluding carboxylic acids is 3. The highest BCUT2D eigenvalue weighted by Gasteiger charge is 2.44. The van der Waals surface area contributed by atoms with Crippen molar-refractivity contribution in [1.82, 2.24) is 10.2 Å². The number of carbonyl (C=O) groups is 3. The number of urea groups is 1. The zero-order chi connectivity index (χ0) is 15.2. The fraction of sp³-hybridized carbons (Fsp3) is 0.800. The molecule has 2 rings (SSSR count). The molecule has 0 aromatic rings. The second-order valence-electron chi connectivity index (χ2n) is 5.77. The summed E-state index contributed by atoms with van der Waals surface area (Å²) in [6, 6.07) is -0.613. The Hall–Kier alpha value is -1.43. The first-order chi connectivity index (χ1) is 10.1. The molecule has 0 aromatic heterocycles. The van der Waals surface area contributed by atoms with Crippen molar-refractivity contribution in [3.63, 3.8) is 0 Å². The second-order valence-corrected chi connectivity index (χ2v) is 5.77. The summed E-state index contributed by atoms with van der Waals surface area (Å²) in [6.07, 6.45) is 5.88. The Morgan fingerprint density at radius 3 is 2.57 bits per heavy atom. The number of unbranched alkanes of at least 4 members (excludes halogenated alkanes) is 1. The quantitative estimate of drug-likeness (QED) is 0.573. The highest BCUT2D eigenvalue weighted by atomic mass is 16.5. The molecule has 2 fully saturated rings. The predicted molar refractivity (Wildman–Crippen MR) is 76.4 cm³/mol. The SMILES string of the molecule is CCCCOCCN1C(=O)NC(=O)C(C2CCCC2)C1=O. The van der Waals surface area contributed by atoms with E-state index in [1.54, 1.807) is 0 Å². The average molecular weight is 296 g/mol. The van der Waals surface area contributed by atoms with E-state index in [4.69, 9.17) is 4.74 Å². The Morgan fingerprint density at radius 2 is 1.90 bits per heavy atom. The van der Waals surface area contributed by atoms with Crippen LogP contribution in [0, 0.1) is 11.8 Å². The number of amides is 4. The van der Waals surface area contributed by atoms with E-state index in [2.05, 4.69) is 12.2 Å². The molecule has 0 radical (unpaired) electrons. The molecular formula is C15H24N2O4. The van der Waals surface area contributed by atoms with Gasteiger partial charge in [0.2, 0.25) is 11.8 Å². The van der Waals surface area contributed by atoms with Gasteiger partial charge in [0.25, 0.3) is 0 Å². The van der Waals surface area contributed by atoms with Gasteiger partial charge in [0.1, 0.15) is 5.92 Å². The molecule has 2 aliphatic rings. The van der Waals surface area contributed by atoms with Gasteiger partial charge in [-0.3, -0.25) is 19.8 Å². The maximum absolute atomic E-state index is 12.4. The molecule has 1 atom stereocenters. The molecule has 6 heteroatoms. The van der Waals surface area contributed by atoms with Crippen LogP contribution in [0.5, 0.6) is 0 Å². The van der Waals surface area contributed by atoms with Crippen LogP contribution in [0.25, 0.3) is 0 Å². The topological polar surface area (TPSA) is 75.7 Å². The highest BCUT2D eigenvalue weighted by molar-refractivity contribution is 6.16. The van der Waals surface area contributed by atoms with Crippen molar-refractivity contribution in [1.29, 1.82) is 0 Å². The summed E-state index contributed by atoms with van der Waals surface area (Å²) in [5.41, 5.74) is 0. The molecular weight excluding hydrogens is 272 g/mol. The van der Waals surface area contributed by atoms with Crippen molar-refractivity contribution in [3.8, 4) is 0 Å².